The number of nitrogens with two attached hydrogens (primary N) is 1. The van der Waals surface area contributed by atoms with Crippen molar-refractivity contribution in [3.05, 3.63) is 132 Å². The molecule has 4 unspecified atom stereocenters. The van der Waals surface area contributed by atoms with Crippen molar-refractivity contribution < 1.29 is 76.5 Å². The molecule has 426 valence electrons. The van der Waals surface area contributed by atoms with Crippen molar-refractivity contribution in [3.63, 3.8) is 0 Å². The summed E-state index contributed by atoms with van der Waals surface area (Å²) in [5.74, 6) is -1.71. The number of allylic oxidation sites excluding steroid dienone is 17. The lowest BCUT2D eigenvalue weighted by molar-refractivity contribution is -0.161. The molecule has 1 aromatic heterocycles. The summed E-state index contributed by atoms with van der Waals surface area (Å²) in [6, 6.07) is 1.23. The number of hydrogen-bond acceptors (Lipinski definition) is 17. The number of ether oxygens (including phenoxy) is 3. The molecule has 1 saturated heterocycles. The number of phosphoric ester groups is 2. The van der Waals surface area contributed by atoms with Crippen LogP contribution in [0.5, 0.6) is 0 Å². The lowest BCUT2D eigenvalue weighted by Crippen LogP contribution is -2.36. The Morgan fingerprint density at radius 2 is 1.24 bits per heavy atom. The first-order valence-corrected chi connectivity index (χ1v) is 29.1. The predicted octanol–water partition coefficient (Wildman–Crippen LogP) is 8.94. The number of aromatic nitrogens is 2. The molecule has 22 heteroatoms. The maximum absolute atomic E-state index is 12.9. The number of phosphoric acid groups is 2. The molecule has 9 atom stereocenters. The van der Waals surface area contributed by atoms with Crippen LogP contribution in [0.15, 0.2) is 126 Å². The Morgan fingerprint density at radius 1 is 0.697 bits per heavy atom. The smallest absolute Gasteiger partial charge is 0.462 e. The number of aliphatic hydroxyl groups is 4. The minimum Gasteiger partial charge on any atom is -0.462 e. The van der Waals surface area contributed by atoms with Gasteiger partial charge in [-0.25, -0.2) is 13.9 Å². The Hall–Kier alpha value is -4.66. The van der Waals surface area contributed by atoms with Crippen molar-refractivity contribution in [1.82, 2.24) is 9.55 Å². The zero-order valence-electron chi connectivity index (χ0n) is 44.0. The van der Waals surface area contributed by atoms with E-state index in [1.54, 1.807) is 12.2 Å². The first kappa shape index (κ1) is 67.4. The Labute approximate surface area is 447 Å². The van der Waals surface area contributed by atoms with Crippen molar-refractivity contribution in [2.24, 2.45) is 0 Å². The molecule has 8 N–H and O–H groups in total. The molecule has 0 aromatic carbocycles. The Balaban J connectivity index is 1.90. The standard InChI is InChI=1S/C54H83N3O17P2/c1-3-5-7-9-11-13-15-17-18-19-20-21-22-23-25-27-29-31-33-37-50(61)72-44(41-69-49(60)38-34-36-46(59)45(58)35-32-30-28-26-24-16-14-12-10-8-6-4-2)42-70-75(65,66)74-76(67,68)71-43-47-51(62)52(63)53(73-47)57-40-39-48(55)56-54(57)64/h5,7,11-14,17-18,20-21,23-26,29-32,39-40,44-47,51-53,58-59,62-63H,3-4,6,8-10,15-16,19,22,27-28,33-38,41-43H2,1-2H3,(H,65,66)(H,67,68)(H2,55,56,64)/b7-5-,13-11-,14-12-,18-17-,21-20-,25-23-,26-24-,31-29-,32-30-/t44-,45?,46?,47-,51-,52-,53-/m1/s1. The third-order valence-electron chi connectivity index (χ3n) is 11.1. The van der Waals surface area contributed by atoms with Crippen LogP contribution >= 0.6 is 15.6 Å². The minimum absolute atomic E-state index is 0.0616. The average Bonchev–Trinajstić information content (AvgIpc) is 3.65. The molecule has 1 fully saturated rings. The van der Waals surface area contributed by atoms with Gasteiger partial charge < -0.3 is 50.2 Å². The Morgan fingerprint density at radius 3 is 1.80 bits per heavy atom. The van der Waals surface area contributed by atoms with E-state index >= 15 is 0 Å². The van der Waals surface area contributed by atoms with Gasteiger partial charge in [0.2, 0.25) is 0 Å². The summed E-state index contributed by atoms with van der Waals surface area (Å²) in [4.78, 5) is 62.0. The fourth-order valence-corrected chi connectivity index (χ4v) is 9.02. The summed E-state index contributed by atoms with van der Waals surface area (Å²) in [7, 11) is -11.0. The first-order chi connectivity index (χ1) is 36.5. The van der Waals surface area contributed by atoms with Gasteiger partial charge in [-0.1, -0.05) is 136 Å². The molecule has 0 spiro atoms. The summed E-state index contributed by atoms with van der Waals surface area (Å²) >= 11 is 0. The number of nitrogen functional groups attached to an aromatic ring is 1. The van der Waals surface area contributed by atoms with Crippen LogP contribution in [0.1, 0.15) is 136 Å². The number of unbranched alkanes of at least 4 members (excludes halogenated alkanes) is 3. The lowest BCUT2D eigenvalue weighted by atomic mass is 10.0. The highest BCUT2D eigenvalue weighted by atomic mass is 31.3. The third kappa shape index (κ3) is 32.2. The second kappa shape index (κ2) is 40.5. The van der Waals surface area contributed by atoms with E-state index in [-0.39, 0.29) is 44.3 Å². The molecule has 0 radical (unpaired) electrons. The van der Waals surface area contributed by atoms with Gasteiger partial charge in [0.05, 0.1) is 25.4 Å². The van der Waals surface area contributed by atoms with Crippen molar-refractivity contribution >= 4 is 33.4 Å². The van der Waals surface area contributed by atoms with Crippen molar-refractivity contribution in [2.45, 2.75) is 172 Å². The monoisotopic (exact) mass is 1110 g/mol. The van der Waals surface area contributed by atoms with Crippen molar-refractivity contribution in [1.29, 1.82) is 0 Å². The van der Waals surface area contributed by atoms with E-state index in [4.69, 9.17) is 29.0 Å². The molecular formula is C54H83N3O17P2. The second-order valence-corrected chi connectivity index (χ2v) is 20.6. The largest absolute Gasteiger partial charge is 0.481 e. The molecular weight excluding hydrogens is 1020 g/mol. The van der Waals surface area contributed by atoms with Crippen LogP contribution in [-0.4, -0.2) is 108 Å². The quantitative estimate of drug-likeness (QED) is 0.0139. The molecule has 1 aliphatic rings. The van der Waals surface area contributed by atoms with Crippen molar-refractivity contribution in [3.8, 4) is 0 Å². The maximum Gasteiger partial charge on any atom is 0.481 e. The van der Waals surface area contributed by atoms with Crippen LogP contribution in [0.25, 0.3) is 0 Å². The van der Waals surface area contributed by atoms with Gasteiger partial charge in [-0.3, -0.25) is 23.2 Å². The van der Waals surface area contributed by atoms with E-state index in [1.807, 2.05) is 30.4 Å². The number of nitrogens with zero attached hydrogens (tertiary/aromatic N) is 2. The fraction of sp³-hybridized carbons (Fsp3) is 0.556. The number of anilines is 1. The van der Waals surface area contributed by atoms with Gasteiger partial charge in [-0.15, -0.1) is 0 Å². The SMILES string of the molecule is CC/C=C\C/C=C\C/C=C\C/C=C\C/C=C\C/C=C\CCC(=O)O[C@H](COC(=O)CCCC(O)C(O)C/C=C\C/C=C\C/C=C\CCCCC)COP(=O)(O)OP(=O)(O)OC[C@H]1O[C@@H](n2ccc(N)nc2=O)[C@H](O)[C@@H]1O. The number of carbonyl (C=O) groups is 2. The second-order valence-electron chi connectivity index (χ2n) is 17.6. The minimum atomic E-state index is -5.52. The van der Waals surface area contributed by atoms with Gasteiger partial charge in [0.25, 0.3) is 0 Å². The van der Waals surface area contributed by atoms with E-state index in [1.165, 1.54) is 25.3 Å². The Bertz CT molecular complexity index is 2240. The Kier molecular flexibility index (Phi) is 36.0. The topological polar surface area (TPSA) is 306 Å². The summed E-state index contributed by atoms with van der Waals surface area (Å²) in [6.07, 6.45) is 39.2. The van der Waals surface area contributed by atoms with Crippen LogP contribution in [0.4, 0.5) is 5.82 Å². The predicted molar refractivity (Wildman–Crippen MR) is 291 cm³/mol. The fourth-order valence-electron chi connectivity index (χ4n) is 6.91. The molecule has 1 aromatic rings. The molecule has 0 amide bonds. The molecule has 2 heterocycles. The highest BCUT2D eigenvalue weighted by Crippen LogP contribution is 2.60. The number of hydrogen-bond donors (Lipinski definition) is 7. The van der Waals surface area contributed by atoms with Gasteiger partial charge in [-0.05, 0) is 96.0 Å². The van der Waals surface area contributed by atoms with Crippen LogP contribution < -0.4 is 11.4 Å². The highest BCUT2D eigenvalue weighted by Gasteiger charge is 2.46. The number of aliphatic hydroxyl groups excluding tert-OH is 4. The molecule has 2 rings (SSSR count). The molecule has 20 nitrogen and oxygen atoms in total. The first-order valence-electron chi connectivity index (χ1n) is 26.1. The number of rotatable bonds is 41. The van der Waals surface area contributed by atoms with Gasteiger partial charge >= 0.3 is 33.3 Å². The van der Waals surface area contributed by atoms with E-state index in [0.717, 1.165) is 55.7 Å². The zero-order valence-corrected chi connectivity index (χ0v) is 45.8. The van der Waals surface area contributed by atoms with Crippen LogP contribution in [0.2, 0.25) is 0 Å². The summed E-state index contributed by atoms with van der Waals surface area (Å²) in [6.45, 7) is 1.64. The van der Waals surface area contributed by atoms with Crippen LogP contribution in [0.3, 0.4) is 0 Å². The lowest BCUT2D eigenvalue weighted by Gasteiger charge is -2.21. The molecule has 76 heavy (non-hydrogen) atoms. The van der Waals surface area contributed by atoms with Crippen molar-refractivity contribution in [2.75, 3.05) is 25.6 Å². The van der Waals surface area contributed by atoms with Crippen LogP contribution in [-0.2, 0) is 46.3 Å². The van der Waals surface area contributed by atoms with E-state index in [2.05, 4.69) is 90.0 Å². The highest BCUT2D eigenvalue weighted by molar-refractivity contribution is 7.61. The molecule has 0 saturated carbocycles. The van der Waals surface area contributed by atoms with Gasteiger partial charge in [0.1, 0.15) is 30.7 Å². The number of carbonyl (C=O) groups excluding carboxylic acids is 2. The van der Waals surface area contributed by atoms with E-state index in [0.29, 0.717) is 12.8 Å². The molecule has 0 bridgehead atoms. The van der Waals surface area contributed by atoms with Gasteiger partial charge in [0, 0.05) is 19.0 Å². The van der Waals surface area contributed by atoms with Gasteiger partial charge in [-0.2, -0.15) is 9.29 Å². The number of esters is 2. The summed E-state index contributed by atoms with van der Waals surface area (Å²) in [5.41, 5.74) is 4.56. The molecule has 1 aliphatic heterocycles. The van der Waals surface area contributed by atoms with E-state index < -0.39 is 95.9 Å². The van der Waals surface area contributed by atoms with Gasteiger partial charge in [0.15, 0.2) is 12.3 Å². The summed E-state index contributed by atoms with van der Waals surface area (Å²) < 4.78 is 56.5. The average molecular weight is 1110 g/mol. The van der Waals surface area contributed by atoms with E-state index in [9.17, 15) is 53.7 Å². The normalized spacial score (nSPS) is 20.4. The third-order valence-corrected chi connectivity index (χ3v) is 13.7. The zero-order chi connectivity index (χ0) is 55.9. The summed E-state index contributed by atoms with van der Waals surface area (Å²) in [5, 5.41) is 41.8. The van der Waals surface area contributed by atoms with Crippen LogP contribution in [0, 0.1) is 0 Å². The maximum atomic E-state index is 12.9. The molecule has 0 aliphatic carbocycles.